The SMILES string of the molecule is CO.CO[C@@]1(C)CCC[C@H](C)[C@@H](C)S(=O)(=O)NC(=O)c2ccc3c(c2)N(C[C@@H]2CC[C@H]21)C[C@@]1(CCCc2cc(Cl)ccc21)CO3. The second-order valence-corrected chi connectivity index (χ2v) is 16.3. The van der Waals surface area contributed by atoms with Gasteiger partial charge >= 0.3 is 0 Å². The number of halogens is 1. The van der Waals surface area contributed by atoms with E-state index in [2.05, 4.69) is 28.7 Å². The molecule has 2 aromatic rings. The zero-order valence-electron chi connectivity index (χ0n) is 27.3. The third-order valence-electron chi connectivity index (χ3n) is 11.3. The molecule has 6 atom stereocenters. The number of nitrogens with one attached hydrogen (secondary N) is 1. The van der Waals surface area contributed by atoms with Gasteiger partial charge in [-0.15, -0.1) is 0 Å². The van der Waals surface area contributed by atoms with Gasteiger partial charge in [-0.05, 0) is 118 Å². The first kappa shape index (κ1) is 34.0. The van der Waals surface area contributed by atoms with E-state index in [1.807, 2.05) is 32.2 Å². The number of fused-ring (bicyclic) bond motifs is 4. The van der Waals surface area contributed by atoms with Crippen molar-refractivity contribution in [3.63, 3.8) is 0 Å². The van der Waals surface area contributed by atoms with Gasteiger partial charge in [0.1, 0.15) is 5.75 Å². The molecule has 1 saturated carbocycles. The molecule has 6 rings (SSSR count). The lowest BCUT2D eigenvalue weighted by Gasteiger charge is -2.50. The fourth-order valence-corrected chi connectivity index (χ4v) is 9.67. The van der Waals surface area contributed by atoms with Gasteiger partial charge < -0.3 is 19.5 Å². The zero-order chi connectivity index (χ0) is 32.6. The Bertz CT molecular complexity index is 1500. The molecule has 2 heterocycles. The van der Waals surface area contributed by atoms with E-state index in [0.29, 0.717) is 24.0 Å². The molecular formula is C35H49ClN2O6S. The summed E-state index contributed by atoms with van der Waals surface area (Å²) >= 11 is 6.42. The summed E-state index contributed by atoms with van der Waals surface area (Å²) < 4.78 is 41.8. The summed E-state index contributed by atoms with van der Waals surface area (Å²) in [5.74, 6) is 0.861. The number of ether oxygens (including phenoxy) is 2. The number of rotatable bonds is 1. The topological polar surface area (TPSA) is 105 Å². The Hall–Kier alpha value is -2.33. The minimum absolute atomic E-state index is 0.100. The van der Waals surface area contributed by atoms with Gasteiger partial charge in [-0.3, -0.25) is 4.79 Å². The van der Waals surface area contributed by atoms with Crippen LogP contribution in [0.25, 0.3) is 0 Å². The molecule has 0 unspecified atom stereocenters. The minimum atomic E-state index is -3.87. The fraction of sp³-hybridized carbons (Fsp3) is 0.629. The summed E-state index contributed by atoms with van der Waals surface area (Å²) in [4.78, 5) is 15.8. The van der Waals surface area contributed by atoms with Crippen molar-refractivity contribution in [3.8, 4) is 5.75 Å². The summed E-state index contributed by atoms with van der Waals surface area (Å²) in [7, 11) is -1.05. The number of aryl methyl sites for hydroxylation is 1. The standard InChI is InChI=1S/C34H45ClN2O5S.CH4O/c1-22-7-5-15-33(3,41-4)28-12-9-26(28)19-37-20-34(16-6-8-24-17-27(35)11-13-29(24)34)21-42-31-14-10-25(18-30(31)37)32(38)36-43(39,40)23(22)2;1-2/h10-11,13-14,17-18,22-23,26,28H,5-9,12,15-16,19-21H2,1-4H3,(H,36,38);2H,1H3/t22-,23+,26-,28+,33-,34-;/m0./s1. The lowest BCUT2D eigenvalue weighted by Crippen LogP contribution is -2.52. The Balaban J connectivity index is 0.00000196. The van der Waals surface area contributed by atoms with E-state index in [4.69, 9.17) is 26.2 Å². The first-order valence-electron chi connectivity index (χ1n) is 16.3. The lowest BCUT2D eigenvalue weighted by atomic mass is 9.63. The van der Waals surface area contributed by atoms with Crippen molar-refractivity contribution in [1.29, 1.82) is 0 Å². The Morgan fingerprint density at radius 3 is 2.56 bits per heavy atom. The zero-order valence-corrected chi connectivity index (χ0v) is 28.8. The van der Waals surface area contributed by atoms with Gasteiger partial charge in [-0.25, -0.2) is 13.1 Å². The van der Waals surface area contributed by atoms with Gasteiger partial charge in [0.25, 0.3) is 5.91 Å². The molecule has 4 aliphatic rings. The number of nitrogens with zero attached hydrogens (tertiary/aromatic N) is 1. The van der Waals surface area contributed by atoms with Crippen molar-refractivity contribution < 1.29 is 27.8 Å². The number of aliphatic hydroxyl groups is 1. The van der Waals surface area contributed by atoms with Gasteiger partial charge in [0.15, 0.2) is 0 Å². The summed E-state index contributed by atoms with van der Waals surface area (Å²) in [5.41, 5.74) is 3.24. The maximum absolute atomic E-state index is 13.4. The van der Waals surface area contributed by atoms with E-state index in [9.17, 15) is 13.2 Å². The number of carbonyl (C=O) groups excluding carboxylic acids is 1. The Kier molecular flexibility index (Phi) is 10.1. The first-order chi connectivity index (χ1) is 21.4. The predicted octanol–water partition coefficient (Wildman–Crippen LogP) is 6.12. The van der Waals surface area contributed by atoms with Crippen LogP contribution in [0.15, 0.2) is 36.4 Å². The van der Waals surface area contributed by atoms with Gasteiger partial charge in [-0.1, -0.05) is 31.0 Å². The Labute approximate surface area is 273 Å². The largest absolute Gasteiger partial charge is 0.490 e. The molecule has 1 fully saturated rings. The van der Waals surface area contributed by atoms with Gasteiger partial charge in [0, 0.05) is 43.3 Å². The van der Waals surface area contributed by atoms with Crippen LogP contribution in [0, 0.1) is 17.8 Å². The Morgan fingerprint density at radius 1 is 1.07 bits per heavy atom. The van der Waals surface area contributed by atoms with E-state index >= 15 is 0 Å². The van der Waals surface area contributed by atoms with Crippen molar-refractivity contribution in [2.45, 2.75) is 88.4 Å². The quantitative estimate of drug-likeness (QED) is 0.380. The van der Waals surface area contributed by atoms with Crippen LogP contribution in [0.5, 0.6) is 5.75 Å². The molecule has 2 aliphatic heterocycles. The monoisotopic (exact) mass is 660 g/mol. The molecule has 0 aromatic heterocycles. The molecule has 0 radical (unpaired) electrons. The summed E-state index contributed by atoms with van der Waals surface area (Å²) in [6.45, 7) is 7.99. The lowest BCUT2D eigenvalue weighted by molar-refractivity contribution is -0.103. The van der Waals surface area contributed by atoms with Crippen molar-refractivity contribution in [3.05, 3.63) is 58.1 Å². The van der Waals surface area contributed by atoms with E-state index in [1.165, 1.54) is 11.1 Å². The highest BCUT2D eigenvalue weighted by Crippen LogP contribution is 2.49. The molecule has 10 heteroatoms. The smallest absolute Gasteiger partial charge is 0.264 e. The molecule has 2 bridgehead atoms. The molecule has 2 aliphatic carbocycles. The third-order valence-corrected chi connectivity index (χ3v) is 13.4. The molecular weight excluding hydrogens is 612 g/mol. The number of amides is 1. The summed E-state index contributed by atoms with van der Waals surface area (Å²) in [5, 5.41) is 7.05. The van der Waals surface area contributed by atoms with Crippen LogP contribution in [0.1, 0.15) is 87.2 Å². The van der Waals surface area contributed by atoms with Crippen LogP contribution in [-0.4, -0.2) is 64.2 Å². The van der Waals surface area contributed by atoms with Crippen LogP contribution >= 0.6 is 11.6 Å². The van der Waals surface area contributed by atoms with Crippen molar-refractivity contribution >= 4 is 33.2 Å². The number of carbonyl (C=O) groups is 1. The van der Waals surface area contributed by atoms with Gasteiger partial charge in [-0.2, -0.15) is 0 Å². The average molecular weight is 661 g/mol. The highest BCUT2D eigenvalue weighted by molar-refractivity contribution is 7.90. The summed E-state index contributed by atoms with van der Waals surface area (Å²) in [6, 6.07) is 11.6. The molecule has 248 valence electrons. The number of hydrogen-bond donors (Lipinski definition) is 2. The van der Waals surface area contributed by atoms with E-state index in [1.54, 1.807) is 13.0 Å². The van der Waals surface area contributed by atoms with E-state index < -0.39 is 21.2 Å². The molecule has 2 aromatic carbocycles. The third kappa shape index (κ3) is 6.60. The second-order valence-electron chi connectivity index (χ2n) is 13.8. The highest BCUT2D eigenvalue weighted by Gasteiger charge is 2.48. The highest BCUT2D eigenvalue weighted by atomic mass is 35.5. The maximum Gasteiger partial charge on any atom is 0.264 e. The van der Waals surface area contributed by atoms with Gasteiger partial charge in [0.05, 0.1) is 23.1 Å². The normalized spacial score (nSPS) is 32.8. The molecule has 1 amide bonds. The molecule has 8 nitrogen and oxygen atoms in total. The Morgan fingerprint density at radius 2 is 1.84 bits per heavy atom. The number of hydrogen-bond acceptors (Lipinski definition) is 7. The molecule has 0 saturated heterocycles. The number of benzene rings is 2. The number of anilines is 1. The van der Waals surface area contributed by atoms with E-state index in [-0.39, 0.29) is 16.9 Å². The first-order valence-corrected chi connectivity index (χ1v) is 18.2. The number of sulfonamides is 1. The molecule has 1 spiro atoms. The van der Waals surface area contributed by atoms with Crippen LogP contribution in [0.3, 0.4) is 0 Å². The minimum Gasteiger partial charge on any atom is -0.490 e. The second kappa shape index (κ2) is 13.4. The summed E-state index contributed by atoms with van der Waals surface area (Å²) in [6.07, 6.45) is 7.78. The average Bonchev–Trinajstić information content (AvgIpc) is 3.16. The van der Waals surface area contributed by atoms with Crippen LogP contribution in [0.4, 0.5) is 5.69 Å². The van der Waals surface area contributed by atoms with Gasteiger partial charge in [0.2, 0.25) is 10.0 Å². The van der Waals surface area contributed by atoms with Crippen molar-refractivity contribution in [1.82, 2.24) is 4.72 Å². The number of methoxy groups -OCH3 is 1. The molecule has 45 heavy (non-hydrogen) atoms. The van der Waals surface area contributed by atoms with Crippen LogP contribution in [-0.2, 0) is 26.6 Å². The molecule has 2 N–H and O–H groups in total. The van der Waals surface area contributed by atoms with E-state index in [0.717, 1.165) is 88.0 Å². The fourth-order valence-electron chi connectivity index (χ4n) is 8.17. The van der Waals surface area contributed by atoms with Crippen LogP contribution < -0.4 is 14.4 Å². The number of aliphatic hydroxyl groups excluding tert-OH is 1. The van der Waals surface area contributed by atoms with Crippen molar-refractivity contribution in [2.24, 2.45) is 17.8 Å². The maximum atomic E-state index is 13.4. The predicted molar refractivity (Wildman–Crippen MR) is 179 cm³/mol. The van der Waals surface area contributed by atoms with Crippen LogP contribution in [0.2, 0.25) is 5.02 Å². The van der Waals surface area contributed by atoms with Crippen molar-refractivity contribution in [2.75, 3.05) is 38.8 Å².